The second-order valence-corrected chi connectivity index (χ2v) is 4.36. The Morgan fingerprint density at radius 3 is 1.62 bits per heavy atom. The molecule has 0 bridgehead atoms. The van der Waals surface area contributed by atoms with Crippen molar-refractivity contribution < 1.29 is 14.4 Å². The lowest BCUT2D eigenvalue weighted by Crippen LogP contribution is -2.66. The molecule has 0 unspecified atom stereocenters. The summed E-state index contributed by atoms with van der Waals surface area (Å²) in [5.74, 6) is -1.03. The molecule has 0 radical (unpaired) electrons. The zero-order valence-corrected chi connectivity index (χ0v) is 10.6. The second-order valence-electron chi connectivity index (χ2n) is 3.60. The fraction of sp³-hybridized carbons (Fsp3) is 0.700. The van der Waals surface area contributed by atoms with E-state index in [2.05, 4.69) is 12.6 Å². The first kappa shape index (κ1) is 13.0. The molecule has 16 heavy (non-hydrogen) atoms. The molecular formula is C10H16N2O3S. The third-order valence-electron chi connectivity index (χ3n) is 2.80. The molecule has 0 atom stereocenters. The van der Waals surface area contributed by atoms with Crippen molar-refractivity contribution in [2.24, 2.45) is 0 Å². The van der Waals surface area contributed by atoms with Crippen molar-refractivity contribution in [2.75, 3.05) is 13.1 Å². The third kappa shape index (κ3) is 1.61. The predicted octanol–water partition coefficient (Wildman–Crippen LogP) is 0.896. The summed E-state index contributed by atoms with van der Waals surface area (Å²) in [5.41, 5.74) is 0. The van der Waals surface area contributed by atoms with Crippen LogP contribution in [-0.4, -0.2) is 45.5 Å². The highest BCUT2D eigenvalue weighted by Crippen LogP contribution is 2.30. The number of nitrogens with zero attached hydrogens (tertiary/aromatic N) is 2. The number of barbiturate groups is 1. The molecule has 1 heterocycles. The zero-order chi connectivity index (χ0) is 12.5. The maximum Gasteiger partial charge on any atom is 0.333 e. The average Bonchev–Trinajstić information content (AvgIpc) is 2.28. The van der Waals surface area contributed by atoms with Crippen LogP contribution < -0.4 is 0 Å². The topological polar surface area (TPSA) is 57.7 Å². The van der Waals surface area contributed by atoms with Crippen molar-refractivity contribution >= 4 is 30.5 Å². The van der Waals surface area contributed by atoms with Crippen LogP contribution >= 0.6 is 12.6 Å². The van der Waals surface area contributed by atoms with Crippen molar-refractivity contribution in [2.45, 2.75) is 31.9 Å². The largest absolute Gasteiger partial charge is 0.333 e. The van der Waals surface area contributed by atoms with Crippen LogP contribution in [0.5, 0.6) is 0 Å². The molecule has 90 valence electrons. The van der Waals surface area contributed by atoms with Crippen LogP contribution in [0.15, 0.2) is 0 Å². The van der Waals surface area contributed by atoms with Crippen LogP contribution in [0.4, 0.5) is 4.79 Å². The van der Waals surface area contributed by atoms with Gasteiger partial charge < -0.3 is 0 Å². The fourth-order valence-electron chi connectivity index (χ4n) is 1.72. The van der Waals surface area contributed by atoms with Gasteiger partial charge in [0.05, 0.1) is 0 Å². The number of carbonyl (C=O) groups is 3. The molecule has 0 spiro atoms. The van der Waals surface area contributed by atoms with Gasteiger partial charge >= 0.3 is 6.03 Å². The number of imide groups is 2. The third-order valence-corrected chi connectivity index (χ3v) is 3.50. The van der Waals surface area contributed by atoms with Crippen molar-refractivity contribution in [3.8, 4) is 0 Å². The smallest absolute Gasteiger partial charge is 0.272 e. The van der Waals surface area contributed by atoms with Crippen LogP contribution in [0.2, 0.25) is 0 Å². The molecule has 1 aliphatic rings. The molecule has 0 aromatic rings. The Morgan fingerprint density at radius 2 is 1.38 bits per heavy atom. The zero-order valence-electron chi connectivity index (χ0n) is 9.69. The van der Waals surface area contributed by atoms with E-state index in [0.29, 0.717) is 0 Å². The number of amides is 4. The summed E-state index contributed by atoms with van der Waals surface area (Å²) in [7, 11) is 0. The number of thiol groups is 1. The Kier molecular flexibility index (Phi) is 3.62. The molecule has 1 saturated heterocycles. The van der Waals surface area contributed by atoms with Gasteiger partial charge in [-0.05, 0) is 20.3 Å². The fourth-order valence-corrected chi connectivity index (χ4v) is 1.96. The summed E-state index contributed by atoms with van der Waals surface area (Å²) in [6, 6.07) is -0.543. The molecule has 0 N–H and O–H groups in total. The van der Waals surface area contributed by atoms with E-state index < -0.39 is 22.6 Å². The van der Waals surface area contributed by atoms with E-state index in [0.717, 1.165) is 9.80 Å². The van der Waals surface area contributed by atoms with E-state index in [1.54, 1.807) is 20.8 Å². The van der Waals surface area contributed by atoms with E-state index in [1.165, 1.54) is 0 Å². The van der Waals surface area contributed by atoms with E-state index in [4.69, 9.17) is 0 Å². The van der Waals surface area contributed by atoms with Crippen molar-refractivity contribution in [1.82, 2.24) is 9.80 Å². The first-order valence-corrected chi connectivity index (χ1v) is 5.78. The number of hydrogen-bond donors (Lipinski definition) is 1. The summed E-state index contributed by atoms with van der Waals surface area (Å²) < 4.78 is -1.39. The van der Waals surface area contributed by atoms with Crippen molar-refractivity contribution in [3.05, 3.63) is 0 Å². The SMILES string of the molecule is CCN1C(=O)N(CC)C(=O)C(S)(CC)C1=O. The molecular weight excluding hydrogens is 228 g/mol. The summed E-state index contributed by atoms with van der Waals surface area (Å²) >= 11 is 4.17. The van der Waals surface area contributed by atoms with Gasteiger partial charge in [0.15, 0.2) is 4.75 Å². The molecule has 1 fully saturated rings. The normalized spacial score (nSPS) is 20.6. The number of urea groups is 1. The van der Waals surface area contributed by atoms with Crippen LogP contribution in [0.3, 0.4) is 0 Å². The predicted molar refractivity (Wildman–Crippen MR) is 62.2 cm³/mol. The summed E-state index contributed by atoms with van der Waals surface area (Å²) in [4.78, 5) is 37.9. The van der Waals surface area contributed by atoms with Gasteiger partial charge in [-0.15, -0.1) is 0 Å². The Bertz CT molecular complexity index is 317. The van der Waals surface area contributed by atoms with Crippen LogP contribution in [0, 0.1) is 0 Å². The molecule has 0 aliphatic carbocycles. The molecule has 0 saturated carbocycles. The second kappa shape index (κ2) is 4.45. The van der Waals surface area contributed by atoms with E-state index >= 15 is 0 Å². The maximum absolute atomic E-state index is 12.0. The van der Waals surface area contributed by atoms with Gasteiger partial charge in [-0.2, -0.15) is 12.6 Å². The molecule has 5 nitrogen and oxygen atoms in total. The molecule has 4 amide bonds. The summed E-state index contributed by atoms with van der Waals surface area (Å²) in [6.45, 7) is 5.61. The van der Waals surface area contributed by atoms with Crippen LogP contribution in [0.25, 0.3) is 0 Å². The highest BCUT2D eigenvalue weighted by Gasteiger charge is 2.53. The van der Waals surface area contributed by atoms with E-state index in [9.17, 15) is 14.4 Å². The first-order chi connectivity index (χ1) is 7.43. The van der Waals surface area contributed by atoms with E-state index in [-0.39, 0.29) is 19.5 Å². The van der Waals surface area contributed by atoms with E-state index in [1.807, 2.05) is 0 Å². The first-order valence-electron chi connectivity index (χ1n) is 5.34. The number of rotatable bonds is 3. The Morgan fingerprint density at radius 1 is 1.00 bits per heavy atom. The molecule has 1 aliphatic heterocycles. The Labute approximate surface area is 100 Å². The quantitative estimate of drug-likeness (QED) is 0.592. The van der Waals surface area contributed by atoms with Crippen molar-refractivity contribution in [3.63, 3.8) is 0 Å². The highest BCUT2D eigenvalue weighted by atomic mass is 32.1. The molecule has 0 aromatic heterocycles. The maximum atomic E-state index is 12.0. The summed E-state index contributed by atoms with van der Waals surface area (Å²) in [5, 5.41) is 0. The average molecular weight is 244 g/mol. The van der Waals surface area contributed by atoms with Gasteiger partial charge in [0, 0.05) is 13.1 Å². The molecule has 1 rings (SSSR count). The van der Waals surface area contributed by atoms with Gasteiger partial charge in [0.1, 0.15) is 0 Å². The van der Waals surface area contributed by atoms with Gasteiger partial charge in [-0.1, -0.05) is 6.92 Å². The number of hydrogen-bond acceptors (Lipinski definition) is 4. The van der Waals surface area contributed by atoms with Gasteiger partial charge in [-0.25, -0.2) is 4.79 Å². The van der Waals surface area contributed by atoms with Gasteiger partial charge in [0.2, 0.25) is 0 Å². The lowest BCUT2D eigenvalue weighted by atomic mass is 9.99. The minimum atomic E-state index is -1.39. The van der Waals surface area contributed by atoms with Gasteiger partial charge in [0.25, 0.3) is 11.8 Å². The lowest BCUT2D eigenvalue weighted by Gasteiger charge is -2.40. The van der Waals surface area contributed by atoms with Crippen LogP contribution in [-0.2, 0) is 9.59 Å². The Hall–Kier alpha value is -1.04. The van der Waals surface area contributed by atoms with Crippen LogP contribution in [0.1, 0.15) is 27.2 Å². The molecule has 0 aromatic carbocycles. The minimum absolute atomic E-state index is 0.254. The Balaban J connectivity index is 3.21. The van der Waals surface area contributed by atoms with Gasteiger partial charge in [-0.3, -0.25) is 19.4 Å². The summed E-state index contributed by atoms with van der Waals surface area (Å²) in [6.07, 6.45) is 0.272. The minimum Gasteiger partial charge on any atom is -0.272 e. The lowest BCUT2D eigenvalue weighted by molar-refractivity contribution is -0.146. The highest BCUT2D eigenvalue weighted by molar-refractivity contribution is 7.83. The number of carbonyl (C=O) groups excluding carboxylic acids is 3. The standard InChI is InChI=1S/C10H16N2O3S/c1-4-10(16)7(13)11(5-2)9(15)12(6-3)8(10)14/h16H,4-6H2,1-3H3. The monoisotopic (exact) mass is 244 g/mol. The molecule has 6 heteroatoms. The van der Waals surface area contributed by atoms with Crippen molar-refractivity contribution in [1.29, 1.82) is 0 Å².